The molecule has 3 aromatic carbocycles. The number of likely N-dealkylation sites (tertiary alicyclic amines) is 1. The molecule has 2 amide bonds. The molecule has 6 rings (SSSR count). The first-order valence-corrected chi connectivity index (χ1v) is 20.3. The number of aryl methyl sites for hydroxylation is 2. The Hall–Kier alpha value is -5.01. The van der Waals surface area contributed by atoms with Crippen molar-refractivity contribution < 1.29 is 46.5 Å². The highest BCUT2D eigenvalue weighted by Gasteiger charge is 2.43. The number of aromatic nitrogens is 2. The third-order valence-electron chi connectivity index (χ3n) is 10.8. The maximum Gasteiger partial charge on any atom is 0.416 e. The third kappa shape index (κ3) is 8.84. The minimum Gasteiger partial charge on any atom is -0.481 e. The molecular formula is C40H44F4N5O6P. The molecule has 16 heteroatoms. The summed E-state index contributed by atoms with van der Waals surface area (Å²) in [7, 11) is -4.35. The number of aliphatic carboxylic acids is 1. The number of carbonyl (C=O) groups excluding carboxylic acids is 2. The molecule has 1 unspecified atom stereocenters. The lowest BCUT2D eigenvalue weighted by Crippen LogP contribution is -2.46. The van der Waals surface area contributed by atoms with Gasteiger partial charge in [0.1, 0.15) is 5.82 Å². The first-order valence-electron chi connectivity index (χ1n) is 18.5. The van der Waals surface area contributed by atoms with Crippen molar-refractivity contribution in [1.29, 1.82) is 0 Å². The van der Waals surface area contributed by atoms with Gasteiger partial charge in [0, 0.05) is 42.3 Å². The van der Waals surface area contributed by atoms with Crippen LogP contribution in [-0.2, 0) is 26.8 Å². The normalized spacial score (nSPS) is 19.3. The first kappa shape index (κ1) is 40.6. The molecule has 1 saturated carbocycles. The Bertz CT molecular complexity index is 2090. The van der Waals surface area contributed by atoms with E-state index in [2.05, 4.69) is 15.3 Å². The Balaban J connectivity index is 1.36. The highest BCUT2D eigenvalue weighted by atomic mass is 31.2. The summed E-state index contributed by atoms with van der Waals surface area (Å²) in [6, 6.07) is 12.8. The number of hydrogen-bond donors (Lipinski definition) is 4. The van der Waals surface area contributed by atoms with Crippen molar-refractivity contribution in [3.05, 3.63) is 113 Å². The Kier molecular flexibility index (Phi) is 12.1. The van der Waals surface area contributed by atoms with Crippen LogP contribution in [0.15, 0.2) is 73.2 Å². The number of nitrogens with one attached hydrogen (secondary N) is 2. The van der Waals surface area contributed by atoms with Crippen LogP contribution in [0.2, 0.25) is 0 Å². The van der Waals surface area contributed by atoms with E-state index in [1.165, 1.54) is 53.3 Å². The number of imidazole rings is 1. The fourth-order valence-corrected chi connectivity index (χ4v) is 10.4. The molecule has 0 radical (unpaired) electrons. The van der Waals surface area contributed by atoms with Gasteiger partial charge in [-0.05, 0) is 86.6 Å². The summed E-state index contributed by atoms with van der Waals surface area (Å²) >= 11 is 0. The van der Waals surface area contributed by atoms with E-state index in [9.17, 15) is 42.1 Å². The van der Waals surface area contributed by atoms with Gasteiger partial charge in [-0.3, -0.25) is 23.6 Å². The van der Waals surface area contributed by atoms with Crippen molar-refractivity contribution >= 4 is 36.7 Å². The van der Waals surface area contributed by atoms with Gasteiger partial charge in [0.25, 0.3) is 13.4 Å². The van der Waals surface area contributed by atoms with Gasteiger partial charge in [-0.15, -0.1) is 0 Å². The zero-order valence-corrected chi connectivity index (χ0v) is 31.8. The molecule has 1 aromatic heterocycles. The van der Waals surface area contributed by atoms with Gasteiger partial charge in [-0.1, -0.05) is 43.2 Å². The zero-order valence-electron chi connectivity index (χ0n) is 30.9. The number of aromatic amines is 1. The van der Waals surface area contributed by atoms with E-state index in [-0.39, 0.29) is 42.2 Å². The van der Waals surface area contributed by atoms with E-state index < -0.39 is 66.9 Å². The van der Waals surface area contributed by atoms with Crippen LogP contribution in [0.5, 0.6) is 0 Å². The number of piperidine rings is 1. The fourth-order valence-electron chi connectivity index (χ4n) is 8.08. The molecule has 2 fully saturated rings. The average molecular weight is 798 g/mol. The lowest BCUT2D eigenvalue weighted by Gasteiger charge is -2.41. The molecule has 1 saturated heterocycles. The van der Waals surface area contributed by atoms with Gasteiger partial charge >= 0.3 is 12.1 Å². The smallest absolute Gasteiger partial charge is 0.416 e. The fraction of sp³-hybridized carbons (Fsp3) is 0.400. The predicted molar refractivity (Wildman–Crippen MR) is 202 cm³/mol. The van der Waals surface area contributed by atoms with Crippen LogP contribution in [0.4, 0.5) is 28.9 Å². The summed E-state index contributed by atoms with van der Waals surface area (Å²) in [4.78, 5) is 60.4. The van der Waals surface area contributed by atoms with Crippen molar-refractivity contribution in [1.82, 2.24) is 14.9 Å². The zero-order chi connectivity index (χ0) is 40.4. The Labute approximate surface area is 321 Å². The number of alkyl halides is 3. The Morgan fingerprint density at radius 1 is 1.02 bits per heavy atom. The molecule has 2 aliphatic rings. The second-order valence-electron chi connectivity index (χ2n) is 14.7. The summed E-state index contributed by atoms with van der Waals surface area (Å²) in [5.74, 6) is -5.44. The van der Waals surface area contributed by atoms with Gasteiger partial charge in [0.05, 0.1) is 41.5 Å². The van der Waals surface area contributed by atoms with E-state index in [0.717, 1.165) is 18.9 Å². The Morgan fingerprint density at radius 3 is 2.36 bits per heavy atom. The number of anilines is 2. The summed E-state index contributed by atoms with van der Waals surface area (Å²) < 4.78 is 72.2. The second kappa shape index (κ2) is 16.6. The third-order valence-corrected chi connectivity index (χ3v) is 13.0. The predicted octanol–water partition coefficient (Wildman–Crippen LogP) is 8.29. The highest BCUT2D eigenvalue weighted by Crippen LogP contribution is 2.54. The van der Waals surface area contributed by atoms with Crippen molar-refractivity contribution in [2.24, 2.45) is 11.8 Å². The molecule has 0 spiro atoms. The topological polar surface area (TPSA) is 156 Å². The number of carboxylic acids is 1. The standard InChI is InChI=1S/C40H44F4N5O6P/c1-24-12-15-28(20-33(24)40(42,43)44)47-37(50)32-10-6-18-48(38(51)35-25(2)7-5-11-34(35)41)36(32)26-13-16-31(17-14-26)49(30-8-3-4-9-30)56(54,55)22-27(39(52)53)19-29-21-45-23-46-29/h5,7,11-17,20-21,23,27,30,32,36H,3-4,6,8-10,18-19,22H2,1-2H3,(H,45,46)(H,47,50)(H,52,53)(H,54,55)/t27-,32+,36+/m1/s1. The maximum atomic E-state index is 15.2. The van der Waals surface area contributed by atoms with Gasteiger partial charge in [-0.2, -0.15) is 13.2 Å². The van der Waals surface area contributed by atoms with Crippen molar-refractivity contribution in [2.45, 2.75) is 77.1 Å². The number of benzene rings is 3. The summed E-state index contributed by atoms with van der Waals surface area (Å²) in [5, 5.41) is 12.6. The molecule has 0 bridgehead atoms. The van der Waals surface area contributed by atoms with Crippen LogP contribution in [0.1, 0.15) is 82.9 Å². The van der Waals surface area contributed by atoms with Crippen LogP contribution < -0.4 is 9.99 Å². The van der Waals surface area contributed by atoms with Crippen molar-refractivity contribution in [3.8, 4) is 0 Å². The van der Waals surface area contributed by atoms with E-state index in [4.69, 9.17) is 0 Å². The molecule has 4 N–H and O–H groups in total. The molecule has 4 atom stereocenters. The van der Waals surface area contributed by atoms with E-state index in [1.54, 1.807) is 37.3 Å². The van der Waals surface area contributed by atoms with Crippen LogP contribution >= 0.6 is 7.52 Å². The monoisotopic (exact) mass is 797 g/mol. The van der Waals surface area contributed by atoms with E-state index >= 15 is 4.39 Å². The number of carbonyl (C=O) groups is 3. The van der Waals surface area contributed by atoms with Gasteiger partial charge in [0.2, 0.25) is 5.91 Å². The number of halogens is 4. The van der Waals surface area contributed by atoms with Crippen molar-refractivity contribution in [2.75, 3.05) is 22.7 Å². The molecule has 56 heavy (non-hydrogen) atoms. The largest absolute Gasteiger partial charge is 0.481 e. The number of amides is 2. The van der Waals surface area contributed by atoms with E-state index in [0.29, 0.717) is 41.8 Å². The van der Waals surface area contributed by atoms with Crippen LogP contribution in [0.25, 0.3) is 0 Å². The van der Waals surface area contributed by atoms with Crippen LogP contribution in [-0.4, -0.2) is 61.4 Å². The minimum absolute atomic E-state index is 0.0152. The second-order valence-corrected chi connectivity index (χ2v) is 16.8. The molecule has 11 nitrogen and oxygen atoms in total. The number of nitrogens with zero attached hydrogens (tertiary/aromatic N) is 3. The van der Waals surface area contributed by atoms with Crippen LogP contribution in [0, 0.1) is 31.5 Å². The maximum absolute atomic E-state index is 15.2. The SMILES string of the molecule is Cc1ccc(NC(=O)[C@H]2CCCN(C(=O)c3c(C)cccc3F)[C@H]2c2ccc(N(C3CCCC3)P(=O)(O)C[C@@H](Cc3cnc[nH]3)C(=O)O)cc2)cc1C(F)(F)F. The van der Waals surface area contributed by atoms with Crippen LogP contribution in [0.3, 0.4) is 0 Å². The van der Waals surface area contributed by atoms with Gasteiger partial charge < -0.3 is 25.2 Å². The van der Waals surface area contributed by atoms with Crippen molar-refractivity contribution in [3.63, 3.8) is 0 Å². The summed E-state index contributed by atoms with van der Waals surface area (Å²) in [5.41, 5.74) is 0.518. The molecule has 1 aliphatic heterocycles. The molecule has 298 valence electrons. The summed E-state index contributed by atoms with van der Waals surface area (Å²) in [6.07, 6.45) is 1.08. The molecule has 4 aromatic rings. The number of rotatable bonds is 12. The number of carboxylic acid groups (broad SMARTS) is 1. The van der Waals surface area contributed by atoms with Gasteiger partial charge in [0.15, 0.2) is 0 Å². The minimum atomic E-state index is -4.65. The lowest BCUT2D eigenvalue weighted by atomic mass is 9.83. The van der Waals surface area contributed by atoms with E-state index in [1.807, 2.05) is 0 Å². The number of hydrogen-bond acceptors (Lipinski definition) is 5. The molecule has 2 heterocycles. The first-order chi connectivity index (χ1) is 26.5. The lowest BCUT2D eigenvalue weighted by molar-refractivity contribution is -0.141. The molecular weight excluding hydrogens is 753 g/mol. The quantitative estimate of drug-likeness (QED) is 0.0825. The highest BCUT2D eigenvalue weighted by molar-refractivity contribution is 7.59. The average Bonchev–Trinajstić information content (AvgIpc) is 3.87. The van der Waals surface area contributed by atoms with Gasteiger partial charge in [-0.25, -0.2) is 9.37 Å². The number of H-pyrrole nitrogens is 1. The molecule has 1 aliphatic carbocycles. The Morgan fingerprint density at radius 2 is 1.73 bits per heavy atom. The summed E-state index contributed by atoms with van der Waals surface area (Å²) in [6.45, 7) is 3.07.